The summed E-state index contributed by atoms with van der Waals surface area (Å²) in [6.45, 7) is 4.87. The zero-order valence-electron chi connectivity index (χ0n) is 16.0. The van der Waals surface area contributed by atoms with Crippen LogP contribution in [0.25, 0.3) is 0 Å². The van der Waals surface area contributed by atoms with Gasteiger partial charge >= 0.3 is 0 Å². The van der Waals surface area contributed by atoms with Crippen molar-refractivity contribution < 1.29 is 13.2 Å². The van der Waals surface area contributed by atoms with Crippen molar-refractivity contribution in [2.45, 2.75) is 26.2 Å². The smallest absolute Gasteiger partial charge is 0.282 e. The maximum Gasteiger partial charge on any atom is 0.282 e. The molecular weight excluding hydrogens is 368 g/mol. The fraction of sp³-hybridized carbons (Fsp3) is 0.667. The highest BCUT2D eigenvalue weighted by molar-refractivity contribution is 7.86. The monoisotopic (exact) mass is 396 g/mol. The van der Waals surface area contributed by atoms with Crippen LogP contribution in [0.4, 0.5) is 0 Å². The van der Waals surface area contributed by atoms with Crippen molar-refractivity contribution >= 4 is 16.1 Å². The van der Waals surface area contributed by atoms with Crippen LogP contribution in [0.15, 0.2) is 23.1 Å². The molecule has 0 N–H and O–H groups in total. The van der Waals surface area contributed by atoms with Gasteiger partial charge in [0.05, 0.1) is 5.56 Å². The van der Waals surface area contributed by atoms with Gasteiger partial charge in [0.2, 0.25) is 5.56 Å². The molecule has 0 aliphatic carbocycles. The van der Waals surface area contributed by atoms with Gasteiger partial charge in [0, 0.05) is 58.6 Å². The van der Waals surface area contributed by atoms with E-state index in [1.54, 1.807) is 16.3 Å². The fourth-order valence-electron chi connectivity index (χ4n) is 3.61. The Morgan fingerprint density at radius 2 is 1.67 bits per heavy atom. The summed E-state index contributed by atoms with van der Waals surface area (Å²) < 4.78 is 30.3. The van der Waals surface area contributed by atoms with E-state index in [0.717, 1.165) is 12.8 Å². The first-order chi connectivity index (χ1) is 12.8. The highest BCUT2D eigenvalue weighted by Crippen LogP contribution is 2.22. The Morgan fingerprint density at radius 3 is 2.33 bits per heavy atom. The van der Waals surface area contributed by atoms with Gasteiger partial charge in [0.15, 0.2) is 0 Å². The van der Waals surface area contributed by atoms with E-state index in [-0.39, 0.29) is 11.5 Å². The third-order valence-corrected chi connectivity index (χ3v) is 7.51. The van der Waals surface area contributed by atoms with Crippen LogP contribution in [0.1, 0.15) is 36.5 Å². The van der Waals surface area contributed by atoms with Crippen molar-refractivity contribution in [2.24, 2.45) is 13.0 Å². The Kier molecular flexibility index (Phi) is 6.02. The fourth-order valence-corrected chi connectivity index (χ4v) is 5.28. The largest absolute Gasteiger partial charge is 0.337 e. The second-order valence-electron chi connectivity index (χ2n) is 7.50. The molecule has 2 fully saturated rings. The number of aromatic nitrogens is 1. The Bertz CT molecular complexity index is 843. The highest BCUT2D eigenvalue weighted by Gasteiger charge is 2.33. The number of piperidine rings is 1. The minimum atomic E-state index is -3.47. The molecule has 8 nitrogen and oxygen atoms in total. The van der Waals surface area contributed by atoms with Crippen LogP contribution < -0.4 is 5.56 Å². The number of hydrogen-bond acceptors (Lipinski definition) is 4. The van der Waals surface area contributed by atoms with E-state index in [9.17, 15) is 18.0 Å². The van der Waals surface area contributed by atoms with Crippen molar-refractivity contribution in [2.75, 3.05) is 39.3 Å². The van der Waals surface area contributed by atoms with Gasteiger partial charge in [-0.3, -0.25) is 9.59 Å². The predicted octanol–water partition coefficient (Wildman–Crippen LogP) is 0.510. The molecule has 2 aliphatic rings. The molecule has 2 saturated heterocycles. The molecule has 0 bridgehead atoms. The van der Waals surface area contributed by atoms with E-state index in [4.69, 9.17) is 0 Å². The average Bonchev–Trinajstić information content (AvgIpc) is 2.90. The van der Waals surface area contributed by atoms with E-state index in [2.05, 4.69) is 6.92 Å². The number of carbonyl (C=O) groups is 1. The lowest BCUT2D eigenvalue weighted by Crippen LogP contribution is -2.48. The molecule has 1 aromatic heterocycles. The number of aryl methyl sites for hydroxylation is 1. The third-order valence-electron chi connectivity index (χ3n) is 5.47. The lowest BCUT2D eigenvalue weighted by atomic mass is 10.0. The Balaban J connectivity index is 1.67. The Labute approximate surface area is 160 Å². The van der Waals surface area contributed by atoms with Crippen molar-refractivity contribution in [3.63, 3.8) is 0 Å². The van der Waals surface area contributed by atoms with E-state index < -0.39 is 10.2 Å². The molecular formula is C18H28N4O4S. The molecule has 27 heavy (non-hydrogen) atoms. The van der Waals surface area contributed by atoms with Crippen LogP contribution in [-0.2, 0) is 17.3 Å². The molecule has 1 aromatic rings. The summed E-state index contributed by atoms with van der Waals surface area (Å²) in [5.74, 6) is 0.396. The molecule has 2 aliphatic heterocycles. The second kappa shape index (κ2) is 8.12. The van der Waals surface area contributed by atoms with Gasteiger partial charge in [-0.05, 0) is 31.2 Å². The third kappa shape index (κ3) is 4.41. The molecule has 0 unspecified atom stereocenters. The number of hydrogen-bond donors (Lipinski definition) is 0. The SMILES string of the molecule is CC1CCN(S(=O)(=O)N2CCCN(C(=O)c3ccc(=O)n(C)c3)CC2)CC1. The summed E-state index contributed by atoms with van der Waals surface area (Å²) in [4.78, 5) is 25.9. The zero-order valence-corrected chi connectivity index (χ0v) is 16.8. The first-order valence-electron chi connectivity index (χ1n) is 9.50. The Morgan fingerprint density at radius 1 is 1.00 bits per heavy atom. The van der Waals surface area contributed by atoms with Gasteiger partial charge in [0.25, 0.3) is 16.1 Å². The van der Waals surface area contributed by atoms with Crippen LogP contribution in [-0.4, -0.2) is 71.7 Å². The lowest BCUT2D eigenvalue weighted by molar-refractivity contribution is 0.0763. The molecule has 0 saturated carbocycles. The summed E-state index contributed by atoms with van der Waals surface area (Å²) in [6.07, 6.45) is 3.91. The average molecular weight is 397 g/mol. The summed E-state index contributed by atoms with van der Waals surface area (Å²) in [7, 11) is -1.87. The molecule has 9 heteroatoms. The maximum absolute atomic E-state index is 12.9. The van der Waals surface area contributed by atoms with Crippen LogP contribution in [0, 0.1) is 5.92 Å². The van der Waals surface area contributed by atoms with Crippen molar-refractivity contribution in [1.29, 1.82) is 0 Å². The van der Waals surface area contributed by atoms with E-state index in [1.807, 2.05) is 0 Å². The quantitative estimate of drug-likeness (QED) is 0.745. The normalized spacial score (nSPS) is 21.2. The summed E-state index contributed by atoms with van der Waals surface area (Å²) in [5.41, 5.74) is 0.272. The minimum absolute atomic E-state index is 0.170. The lowest BCUT2D eigenvalue weighted by Gasteiger charge is -2.33. The minimum Gasteiger partial charge on any atom is -0.337 e. The molecule has 0 spiro atoms. The molecule has 0 atom stereocenters. The first-order valence-corrected chi connectivity index (χ1v) is 10.9. The number of rotatable bonds is 3. The highest BCUT2D eigenvalue weighted by atomic mass is 32.2. The summed E-state index contributed by atoms with van der Waals surface area (Å²) >= 11 is 0. The second-order valence-corrected chi connectivity index (χ2v) is 9.43. The standard InChI is InChI=1S/C18H28N4O4S/c1-15-6-10-22(11-7-15)27(25,26)21-9-3-8-20(12-13-21)18(24)16-4-5-17(23)19(2)14-16/h4-5,14-15H,3,6-13H2,1-2H3. The number of amides is 1. The van der Waals surface area contributed by atoms with E-state index in [1.165, 1.54) is 27.2 Å². The number of carbonyl (C=O) groups excluding carboxylic acids is 1. The molecule has 3 rings (SSSR count). The van der Waals surface area contributed by atoms with Crippen molar-refractivity contribution in [3.8, 4) is 0 Å². The zero-order chi connectivity index (χ0) is 19.6. The van der Waals surface area contributed by atoms with E-state index in [0.29, 0.717) is 57.2 Å². The summed E-state index contributed by atoms with van der Waals surface area (Å²) in [6, 6.07) is 2.90. The molecule has 150 valence electrons. The van der Waals surface area contributed by atoms with Crippen LogP contribution >= 0.6 is 0 Å². The van der Waals surface area contributed by atoms with Gasteiger partial charge < -0.3 is 9.47 Å². The van der Waals surface area contributed by atoms with Gasteiger partial charge in [0.1, 0.15) is 0 Å². The van der Waals surface area contributed by atoms with E-state index >= 15 is 0 Å². The Hall–Kier alpha value is -1.71. The maximum atomic E-state index is 12.9. The summed E-state index contributed by atoms with van der Waals surface area (Å²) in [5, 5.41) is 0. The molecule has 1 amide bonds. The van der Waals surface area contributed by atoms with Crippen molar-refractivity contribution in [3.05, 3.63) is 34.2 Å². The topological polar surface area (TPSA) is 82.9 Å². The number of pyridine rings is 1. The number of nitrogens with zero attached hydrogens (tertiary/aromatic N) is 4. The van der Waals surface area contributed by atoms with Gasteiger partial charge in [-0.15, -0.1) is 0 Å². The molecule has 0 aromatic carbocycles. The van der Waals surface area contributed by atoms with Gasteiger partial charge in [-0.2, -0.15) is 17.0 Å². The van der Waals surface area contributed by atoms with Gasteiger partial charge in [-0.25, -0.2) is 0 Å². The van der Waals surface area contributed by atoms with Crippen molar-refractivity contribution in [1.82, 2.24) is 18.1 Å². The van der Waals surface area contributed by atoms with Gasteiger partial charge in [-0.1, -0.05) is 6.92 Å². The van der Waals surface area contributed by atoms with Crippen LogP contribution in [0.2, 0.25) is 0 Å². The van der Waals surface area contributed by atoms with Crippen LogP contribution in [0.3, 0.4) is 0 Å². The first kappa shape index (κ1) is 20.0. The predicted molar refractivity (Wildman–Crippen MR) is 103 cm³/mol. The molecule has 3 heterocycles. The van der Waals surface area contributed by atoms with Crippen LogP contribution in [0.5, 0.6) is 0 Å². The molecule has 0 radical (unpaired) electrons.